The topological polar surface area (TPSA) is 61.4 Å². The van der Waals surface area contributed by atoms with Crippen LogP contribution in [0, 0.1) is 10.5 Å². The van der Waals surface area contributed by atoms with Crippen molar-refractivity contribution in [3.8, 4) is 0 Å². The number of nitrogens with one attached hydrogen (secondary N) is 2. The second-order valence-corrected chi connectivity index (χ2v) is 8.14. The molecule has 6 heteroatoms. The van der Waals surface area contributed by atoms with Gasteiger partial charge in [-0.25, -0.2) is 0 Å². The molecular weight excluding hydrogens is 453 g/mol. The number of aryl methyl sites for hydroxylation is 1. The van der Waals surface area contributed by atoms with E-state index in [2.05, 4.69) is 38.1 Å². The van der Waals surface area contributed by atoms with Crippen LogP contribution in [0.15, 0.2) is 48.5 Å². The van der Waals surface area contributed by atoms with Gasteiger partial charge in [-0.05, 0) is 72.2 Å². The number of likely N-dealkylation sites (tertiary alicyclic amines) is 1. The van der Waals surface area contributed by atoms with Gasteiger partial charge in [0.15, 0.2) is 0 Å². The van der Waals surface area contributed by atoms with E-state index in [9.17, 15) is 9.59 Å². The SMILES string of the molecule is Cc1ccccc1C(=O)NC1CCN(CC(=O)Nc2cccc(I)c2)CC1. The first-order valence-electron chi connectivity index (χ1n) is 9.15. The van der Waals surface area contributed by atoms with E-state index in [-0.39, 0.29) is 17.9 Å². The highest BCUT2D eigenvalue weighted by molar-refractivity contribution is 14.1. The molecule has 3 rings (SSSR count). The molecule has 0 spiro atoms. The number of hydrogen-bond donors (Lipinski definition) is 2. The standard InChI is InChI=1S/C21H24IN3O2/c1-15-5-2-3-8-19(15)21(27)24-17-9-11-25(12-10-17)14-20(26)23-18-7-4-6-16(22)13-18/h2-8,13,17H,9-12,14H2,1H3,(H,23,26)(H,24,27). The fourth-order valence-electron chi connectivity index (χ4n) is 3.30. The lowest BCUT2D eigenvalue weighted by Gasteiger charge is -2.32. The number of carbonyl (C=O) groups is 2. The largest absolute Gasteiger partial charge is 0.349 e. The van der Waals surface area contributed by atoms with Crippen LogP contribution in [0.3, 0.4) is 0 Å². The van der Waals surface area contributed by atoms with Crippen molar-refractivity contribution in [2.24, 2.45) is 0 Å². The summed E-state index contributed by atoms with van der Waals surface area (Å²) in [7, 11) is 0. The Morgan fingerprint density at radius 1 is 1.11 bits per heavy atom. The van der Waals surface area contributed by atoms with Gasteiger partial charge >= 0.3 is 0 Å². The van der Waals surface area contributed by atoms with Gasteiger partial charge in [-0.15, -0.1) is 0 Å². The average Bonchev–Trinajstić information content (AvgIpc) is 2.63. The number of nitrogens with zero attached hydrogens (tertiary/aromatic N) is 1. The van der Waals surface area contributed by atoms with E-state index in [1.165, 1.54) is 0 Å². The number of rotatable bonds is 5. The van der Waals surface area contributed by atoms with E-state index < -0.39 is 0 Å². The van der Waals surface area contributed by atoms with Crippen molar-refractivity contribution >= 4 is 40.1 Å². The van der Waals surface area contributed by atoms with Crippen LogP contribution in [0.4, 0.5) is 5.69 Å². The molecule has 0 unspecified atom stereocenters. The minimum absolute atomic E-state index is 0.000559. The molecule has 1 aliphatic heterocycles. The maximum absolute atomic E-state index is 12.4. The molecule has 0 radical (unpaired) electrons. The Morgan fingerprint density at radius 2 is 1.85 bits per heavy atom. The molecule has 0 atom stereocenters. The Balaban J connectivity index is 1.44. The van der Waals surface area contributed by atoms with Crippen molar-refractivity contribution in [1.82, 2.24) is 10.2 Å². The molecule has 142 valence electrons. The molecule has 27 heavy (non-hydrogen) atoms. The molecule has 2 N–H and O–H groups in total. The Morgan fingerprint density at radius 3 is 2.56 bits per heavy atom. The van der Waals surface area contributed by atoms with E-state index in [0.29, 0.717) is 6.54 Å². The van der Waals surface area contributed by atoms with Crippen LogP contribution in [0.2, 0.25) is 0 Å². The fourth-order valence-corrected chi connectivity index (χ4v) is 3.84. The van der Waals surface area contributed by atoms with Crippen LogP contribution < -0.4 is 10.6 Å². The monoisotopic (exact) mass is 477 g/mol. The first kappa shape index (κ1) is 19.8. The fraction of sp³-hybridized carbons (Fsp3) is 0.333. The summed E-state index contributed by atoms with van der Waals surface area (Å²) in [5, 5.41) is 6.07. The molecule has 1 heterocycles. The molecular formula is C21H24IN3O2. The van der Waals surface area contributed by atoms with Gasteiger partial charge in [0.1, 0.15) is 0 Å². The molecule has 5 nitrogen and oxygen atoms in total. The smallest absolute Gasteiger partial charge is 0.251 e. The summed E-state index contributed by atoms with van der Waals surface area (Å²) >= 11 is 2.23. The van der Waals surface area contributed by atoms with Crippen molar-refractivity contribution in [3.05, 3.63) is 63.2 Å². The number of benzene rings is 2. The first-order valence-corrected chi connectivity index (χ1v) is 10.2. The summed E-state index contributed by atoms with van der Waals surface area (Å²) in [5.74, 6) is -0.0117. The van der Waals surface area contributed by atoms with Gasteiger partial charge in [0.2, 0.25) is 5.91 Å². The minimum atomic E-state index is -0.0111. The Kier molecular flexibility index (Phi) is 6.84. The quantitative estimate of drug-likeness (QED) is 0.649. The van der Waals surface area contributed by atoms with Gasteiger partial charge in [-0.3, -0.25) is 14.5 Å². The molecule has 1 aliphatic rings. The normalized spacial score (nSPS) is 15.3. The van der Waals surface area contributed by atoms with Crippen molar-refractivity contribution in [2.45, 2.75) is 25.8 Å². The zero-order chi connectivity index (χ0) is 19.2. The predicted octanol–water partition coefficient (Wildman–Crippen LogP) is 3.43. The summed E-state index contributed by atoms with van der Waals surface area (Å²) in [6.07, 6.45) is 1.71. The number of anilines is 1. The van der Waals surface area contributed by atoms with E-state index in [0.717, 1.165) is 46.3 Å². The van der Waals surface area contributed by atoms with Gasteiger partial charge in [0.05, 0.1) is 6.54 Å². The minimum Gasteiger partial charge on any atom is -0.349 e. The van der Waals surface area contributed by atoms with E-state index >= 15 is 0 Å². The van der Waals surface area contributed by atoms with Gasteiger partial charge < -0.3 is 10.6 Å². The highest BCUT2D eigenvalue weighted by atomic mass is 127. The maximum atomic E-state index is 12.4. The van der Waals surface area contributed by atoms with Crippen LogP contribution in [-0.4, -0.2) is 42.4 Å². The van der Waals surface area contributed by atoms with E-state index in [1.807, 2.05) is 55.5 Å². The van der Waals surface area contributed by atoms with Crippen LogP contribution in [0.25, 0.3) is 0 Å². The van der Waals surface area contributed by atoms with Crippen molar-refractivity contribution in [2.75, 3.05) is 25.0 Å². The Hall–Kier alpha value is -1.93. The lowest BCUT2D eigenvalue weighted by atomic mass is 10.0. The van der Waals surface area contributed by atoms with E-state index in [4.69, 9.17) is 0 Å². The third-order valence-corrected chi connectivity index (χ3v) is 5.46. The summed E-state index contributed by atoms with van der Waals surface area (Å²) in [5.41, 5.74) is 2.55. The number of amides is 2. The summed E-state index contributed by atoms with van der Waals surface area (Å²) in [6, 6.07) is 15.6. The third-order valence-electron chi connectivity index (χ3n) is 4.79. The molecule has 2 aromatic carbocycles. The molecule has 0 saturated carbocycles. The number of halogens is 1. The average molecular weight is 477 g/mol. The van der Waals surface area contributed by atoms with Crippen LogP contribution in [-0.2, 0) is 4.79 Å². The van der Waals surface area contributed by atoms with Gasteiger partial charge in [0.25, 0.3) is 5.91 Å². The highest BCUT2D eigenvalue weighted by Crippen LogP contribution is 2.15. The molecule has 0 aromatic heterocycles. The van der Waals surface area contributed by atoms with Crippen LogP contribution in [0.1, 0.15) is 28.8 Å². The van der Waals surface area contributed by atoms with Gasteiger partial charge in [0, 0.05) is 34.0 Å². The zero-order valence-electron chi connectivity index (χ0n) is 15.4. The van der Waals surface area contributed by atoms with Gasteiger partial charge in [-0.2, -0.15) is 0 Å². The summed E-state index contributed by atoms with van der Waals surface area (Å²) < 4.78 is 1.09. The molecule has 2 amide bonds. The summed E-state index contributed by atoms with van der Waals surface area (Å²) in [4.78, 5) is 26.8. The number of carbonyl (C=O) groups excluding carboxylic acids is 2. The molecule has 1 saturated heterocycles. The van der Waals surface area contributed by atoms with Crippen molar-refractivity contribution in [1.29, 1.82) is 0 Å². The Labute approximate surface area is 173 Å². The van der Waals surface area contributed by atoms with Crippen molar-refractivity contribution in [3.63, 3.8) is 0 Å². The number of hydrogen-bond acceptors (Lipinski definition) is 3. The van der Waals surface area contributed by atoms with Crippen LogP contribution >= 0.6 is 22.6 Å². The molecule has 0 bridgehead atoms. The maximum Gasteiger partial charge on any atom is 0.251 e. The second kappa shape index (κ2) is 9.32. The van der Waals surface area contributed by atoms with E-state index in [1.54, 1.807) is 0 Å². The van der Waals surface area contributed by atoms with Crippen molar-refractivity contribution < 1.29 is 9.59 Å². The molecule has 2 aromatic rings. The van der Waals surface area contributed by atoms with Gasteiger partial charge in [-0.1, -0.05) is 24.3 Å². The lowest BCUT2D eigenvalue weighted by molar-refractivity contribution is -0.117. The summed E-state index contributed by atoms with van der Waals surface area (Å²) in [6.45, 7) is 3.94. The molecule has 1 fully saturated rings. The zero-order valence-corrected chi connectivity index (χ0v) is 17.5. The van der Waals surface area contributed by atoms with Crippen LogP contribution in [0.5, 0.6) is 0 Å². The first-order chi connectivity index (χ1) is 13.0. The predicted molar refractivity (Wildman–Crippen MR) is 116 cm³/mol. The molecule has 0 aliphatic carbocycles. The third kappa shape index (κ3) is 5.77. The second-order valence-electron chi connectivity index (χ2n) is 6.90. The number of piperidine rings is 1. The highest BCUT2D eigenvalue weighted by Gasteiger charge is 2.23. The lowest BCUT2D eigenvalue weighted by Crippen LogP contribution is -2.46. The Bertz CT molecular complexity index is 817.